The molecule has 0 spiro atoms. The van der Waals surface area contributed by atoms with Crippen molar-refractivity contribution in [1.29, 1.82) is 5.26 Å². The molecule has 0 amide bonds. The van der Waals surface area contributed by atoms with Crippen molar-refractivity contribution in [3.63, 3.8) is 0 Å². The number of aliphatic imine (C=N–C) groups is 1. The third-order valence-corrected chi connectivity index (χ3v) is 4.08. The molecule has 6 heteroatoms. The summed E-state index contributed by atoms with van der Waals surface area (Å²) >= 11 is 1.44. The van der Waals surface area contributed by atoms with Crippen LogP contribution < -0.4 is 4.74 Å². The van der Waals surface area contributed by atoms with E-state index in [2.05, 4.69) is 21.0 Å². The lowest BCUT2D eigenvalue weighted by molar-refractivity contribution is 0.279. The summed E-state index contributed by atoms with van der Waals surface area (Å²) in [7, 11) is 1.67. The lowest BCUT2D eigenvalue weighted by Crippen LogP contribution is -2.10. The molecule has 2 rings (SSSR count). The Morgan fingerprint density at radius 2 is 2.09 bits per heavy atom. The molecule has 0 aliphatic carbocycles. The predicted octanol–water partition coefficient (Wildman–Crippen LogP) is 3.36. The number of nitrogens with zero attached hydrogens (tertiary/aromatic N) is 4. The molecule has 118 valence electrons. The first kappa shape index (κ1) is 17.0. The second-order valence-corrected chi connectivity index (χ2v) is 5.69. The summed E-state index contributed by atoms with van der Waals surface area (Å²) in [4.78, 5) is 12.6. The van der Waals surface area contributed by atoms with Gasteiger partial charge in [0.25, 0.3) is 0 Å². The van der Waals surface area contributed by atoms with Gasteiger partial charge in [-0.1, -0.05) is 29.8 Å². The summed E-state index contributed by atoms with van der Waals surface area (Å²) in [5, 5.41) is 10.1. The highest BCUT2D eigenvalue weighted by Gasteiger charge is 2.19. The molecule has 0 radical (unpaired) electrons. The number of rotatable bonds is 5. The molecule has 1 aromatic carbocycles. The molecule has 0 fully saturated rings. The van der Waals surface area contributed by atoms with Crippen molar-refractivity contribution in [2.75, 3.05) is 13.3 Å². The predicted molar refractivity (Wildman–Crippen MR) is 92.8 cm³/mol. The van der Waals surface area contributed by atoms with E-state index in [0.29, 0.717) is 12.3 Å². The minimum absolute atomic E-state index is 0.264. The highest BCUT2D eigenvalue weighted by molar-refractivity contribution is 8.13. The molecule has 1 unspecified atom stereocenters. The second kappa shape index (κ2) is 8.30. The van der Waals surface area contributed by atoms with Gasteiger partial charge in [-0.3, -0.25) is 4.99 Å². The standard InChI is InChI=1S/C17H18N4OS/c1-12-4-6-13(7-5-12)11-22-17-20-9-8-15(21-17)14(10-18)16(19-2)23-3/h4-9,14H,11H2,1-3H3. The topological polar surface area (TPSA) is 71.2 Å². The SMILES string of the molecule is CN=C(SC)C(C#N)c1ccnc(OCc2ccc(C)cc2)n1. The first-order chi connectivity index (χ1) is 11.2. The van der Waals surface area contributed by atoms with Crippen LogP contribution in [0.1, 0.15) is 22.7 Å². The van der Waals surface area contributed by atoms with Crippen molar-refractivity contribution in [1.82, 2.24) is 9.97 Å². The van der Waals surface area contributed by atoms with Crippen LogP contribution in [0, 0.1) is 18.3 Å². The molecule has 1 heterocycles. The van der Waals surface area contributed by atoms with Crippen LogP contribution in [0.15, 0.2) is 41.5 Å². The normalized spacial score (nSPS) is 12.5. The third kappa shape index (κ3) is 4.54. The number of aryl methyl sites for hydroxylation is 1. The Bertz CT molecular complexity index is 722. The summed E-state index contributed by atoms with van der Waals surface area (Å²) in [6.07, 6.45) is 3.49. The van der Waals surface area contributed by atoms with Gasteiger partial charge in [0.2, 0.25) is 0 Å². The van der Waals surface area contributed by atoms with Gasteiger partial charge in [0.1, 0.15) is 12.5 Å². The Labute approximate surface area is 140 Å². The average molecular weight is 326 g/mol. The molecular formula is C17H18N4OS. The van der Waals surface area contributed by atoms with Crippen LogP contribution in [0.3, 0.4) is 0 Å². The quantitative estimate of drug-likeness (QED) is 0.622. The minimum atomic E-state index is -0.500. The Morgan fingerprint density at radius 3 is 2.70 bits per heavy atom. The van der Waals surface area contributed by atoms with E-state index >= 15 is 0 Å². The molecule has 0 saturated heterocycles. The highest BCUT2D eigenvalue weighted by atomic mass is 32.2. The van der Waals surface area contributed by atoms with Crippen LogP contribution in [0.4, 0.5) is 0 Å². The lowest BCUT2D eigenvalue weighted by atomic mass is 10.1. The number of hydrogen-bond donors (Lipinski definition) is 0. The fourth-order valence-electron chi connectivity index (χ4n) is 2.00. The largest absolute Gasteiger partial charge is 0.459 e. The van der Waals surface area contributed by atoms with Gasteiger partial charge in [0, 0.05) is 13.2 Å². The van der Waals surface area contributed by atoms with Crippen LogP contribution in [0.5, 0.6) is 6.01 Å². The number of thioether (sulfide) groups is 1. The summed E-state index contributed by atoms with van der Waals surface area (Å²) in [6.45, 7) is 2.43. The molecule has 0 bridgehead atoms. The highest BCUT2D eigenvalue weighted by Crippen LogP contribution is 2.21. The van der Waals surface area contributed by atoms with E-state index in [1.54, 1.807) is 19.3 Å². The summed E-state index contributed by atoms with van der Waals surface area (Å²) in [5.74, 6) is -0.500. The molecule has 0 aliphatic rings. The van der Waals surface area contributed by atoms with E-state index < -0.39 is 5.92 Å². The van der Waals surface area contributed by atoms with E-state index in [4.69, 9.17) is 4.74 Å². The molecule has 0 saturated carbocycles. The van der Waals surface area contributed by atoms with Crippen molar-refractivity contribution in [3.05, 3.63) is 53.3 Å². The van der Waals surface area contributed by atoms with E-state index in [1.807, 2.05) is 37.4 Å². The smallest absolute Gasteiger partial charge is 0.316 e. The van der Waals surface area contributed by atoms with Crippen molar-refractivity contribution in [2.24, 2.45) is 4.99 Å². The van der Waals surface area contributed by atoms with E-state index in [0.717, 1.165) is 10.6 Å². The van der Waals surface area contributed by atoms with Crippen molar-refractivity contribution >= 4 is 16.8 Å². The maximum absolute atomic E-state index is 9.39. The van der Waals surface area contributed by atoms with Crippen molar-refractivity contribution in [3.8, 4) is 12.1 Å². The molecule has 1 aromatic heterocycles. The van der Waals surface area contributed by atoms with Gasteiger partial charge >= 0.3 is 6.01 Å². The molecule has 1 atom stereocenters. The third-order valence-electron chi connectivity index (χ3n) is 3.24. The second-order valence-electron chi connectivity index (χ2n) is 4.87. The minimum Gasteiger partial charge on any atom is -0.459 e. The first-order valence-electron chi connectivity index (χ1n) is 7.09. The van der Waals surface area contributed by atoms with E-state index in [1.165, 1.54) is 17.3 Å². The Balaban J connectivity index is 2.13. The summed E-state index contributed by atoms with van der Waals surface area (Å²) in [6, 6.07) is 12.3. The molecule has 2 aromatic rings. The number of benzene rings is 1. The van der Waals surface area contributed by atoms with E-state index in [9.17, 15) is 5.26 Å². The maximum atomic E-state index is 9.39. The lowest BCUT2D eigenvalue weighted by Gasteiger charge is -2.11. The number of ether oxygens (including phenoxy) is 1. The van der Waals surface area contributed by atoms with Crippen LogP contribution in [0.2, 0.25) is 0 Å². The summed E-state index contributed by atoms with van der Waals surface area (Å²) in [5.41, 5.74) is 2.84. The fourth-order valence-corrected chi connectivity index (χ4v) is 2.59. The van der Waals surface area contributed by atoms with Crippen LogP contribution in [-0.4, -0.2) is 28.3 Å². The van der Waals surface area contributed by atoms with Crippen molar-refractivity contribution in [2.45, 2.75) is 19.4 Å². The van der Waals surface area contributed by atoms with Crippen molar-refractivity contribution < 1.29 is 4.74 Å². The fraction of sp³-hybridized carbons (Fsp3) is 0.294. The molecule has 0 aliphatic heterocycles. The Hall–Kier alpha value is -2.39. The average Bonchev–Trinajstić information content (AvgIpc) is 2.59. The molecular weight excluding hydrogens is 308 g/mol. The van der Waals surface area contributed by atoms with Gasteiger partial charge in [0.05, 0.1) is 16.8 Å². The molecule has 5 nitrogen and oxygen atoms in total. The first-order valence-corrected chi connectivity index (χ1v) is 8.32. The van der Waals surface area contributed by atoms with Gasteiger partial charge in [0.15, 0.2) is 0 Å². The monoisotopic (exact) mass is 326 g/mol. The Morgan fingerprint density at radius 1 is 1.35 bits per heavy atom. The molecule has 23 heavy (non-hydrogen) atoms. The zero-order chi connectivity index (χ0) is 16.7. The zero-order valence-corrected chi connectivity index (χ0v) is 14.2. The van der Waals surface area contributed by atoms with Crippen LogP contribution in [0.25, 0.3) is 0 Å². The van der Waals surface area contributed by atoms with Gasteiger partial charge in [-0.25, -0.2) is 4.98 Å². The van der Waals surface area contributed by atoms with Gasteiger partial charge in [-0.15, -0.1) is 11.8 Å². The number of nitriles is 1. The zero-order valence-electron chi connectivity index (χ0n) is 13.4. The van der Waals surface area contributed by atoms with Gasteiger partial charge < -0.3 is 4.74 Å². The Kier molecular flexibility index (Phi) is 6.12. The van der Waals surface area contributed by atoms with Gasteiger partial charge in [-0.05, 0) is 24.8 Å². The van der Waals surface area contributed by atoms with Gasteiger partial charge in [-0.2, -0.15) is 10.2 Å². The van der Waals surface area contributed by atoms with Crippen LogP contribution >= 0.6 is 11.8 Å². The maximum Gasteiger partial charge on any atom is 0.316 e. The van der Waals surface area contributed by atoms with E-state index in [-0.39, 0.29) is 6.01 Å². The van der Waals surface area contributed by atoms with Crippen LogP contribution in [-0.2, 0) is 6.61 Å². The molecule has 0 N–H and O–H groups in total. The summed E-state index contributed by atoms with van der Waals surface area (Å²) < 4.78 is 5.64. The number of hydrogen-bond acceptors (Lipinski definition) is 6. The number of aromatic nitrogens is 2.